The molecule has 0 saturated heterocycles. The highest BCUT2D eigenvalue weighted by Gasteiger charge is 2.25. The van der Waals surface area contributed by atoms with Gasteiger partial charge >= 0.3 is 0 Å². The maximum absolute atomic E-state index is 13.2. The largest absolute Gasteiger partial charge is 0.326 e. The molecule has 0 saturated carbocycles. The first-order valence-electron chi connectivity index (χ1n) is 8.26. The Labute approximate surface area is 153 Å². The van der Waals surface area contributed by atoms with Crippen LogP contribution in [0.3, 0.4) is 0 Å². The third-order valence-corrected chi connectivity index (χ3v) is 5.56. The van der Waals surface area contributed by atoms with Gasteiger partial charge in [-0.25, -0.2) is 17.5 Å². The highest BCUT2D eigenvalue weighted by molar-refractivity contribution is 7.89. The smallest absolute Gasteiger partial charge is 0.241 e. The predicted octanol–water partition coefficient (Wildman–Crippen LogP) is 3.77. The van der Waals surface area contributed by atoms with E-state index in [2.05, 4.69) is 10.0 Å². The molecule has 0 aliphatic carbocycles. The van der Waals surface area contributed by atoms with E-state index in [0.29, 0.717) is 16.8 Å². The van der Waals surface area contributed by atoms with Crippen molar-refractivity contribution >= 4 is 21.6 Å². The minimum atomic E-state index is -3.85. The number of halogens is 1. The quantitative estimate of drug-likeness (QED) is 0.803. The van der Waals surface area contributed by atoms with E-state index in [1.807, 2.05) is 13.8 Å². The zero-order valence-corrected chi connectivity index (χ0v) is 16.0. The summed E-state index contributed by atoms with van der Waals surface area (Å²) in [7, 11) is -3.85. The first-order chi connectivity index (χ1) is 12.1. The van der Waals surface area contributed by atoms with Gasteiger partial charge in [0, 0.05) is 18.7 Å². The second-order valence-corrected chi connectivity index (χ2v) is 8.24. The molecule has 2 rings (SSSR count). The number of benzene rings is 2. The zero-order valence-electron chi connectivity index (χ0n) is 15.2. The normalized spacial score (nSPS) is 12.8. The van der Waals surface area contributed by atoms with E-state index in [9.17, 15) is 17.6 Å². The Morgan fingerprint density at radius 1 is 1.08 bits per heavy atom. The predicted molar refractivity (Wildman–Crippen MR) is 99.8 cm³/mol. The van der Waals surface area contributed by atoms with Crippen LogP contribution in [-0.4, -0.2) is 14.3 Å². The van der Waals surface area contributed by atoms with Crippen molar-refractivity contribution in [2.75, 3.05) is 5.32 Å². The van der Waals surface area contributed by atoms with Crippen LogP contribution in [0.25, 0.3) is 0 Å². The fourth-order valence-corrected chi connectivity index (χ4v) is 4.30. The van der Waals surface area contributed by atoms with E-state index in [1.165, 1.54) is 25.1 Å². The van der Waals surface area contributed by atoms with Crippen molar-refractivity contribution in [3.05, 3.63) is 59.4 Å². The second-order valence-electron chi connectivity index (χ2n) is 6.56. The van der Waals surface area contributed by atoms with Gasteiger partial charge in [0.15, 0.2) is 0 Å². The van der Waals surface area contributed by atoms with Crippen molar-refractivity contribution in [1.29, 1.82) is 0 Å². The van der Waals surface area contributed by atoms with Gasteiger partial charge in [0.2, 0.25) is 15.9 Å². The molecule has 0 bridgehead atoms. The van der Waals surface area contributed by atoms with Crippen LogP contribution < -0.4 is 10.0 Å². The van der Waals surface area contributed by atoms with Crippen LogP contribution in [0.2, 0.25) is 0 Å². The van der Waals surface area contributed by atoms with Crippen molar-refractivity contribution in [2.45, 2.75) is 38.6 Å². The van der Waals surface area contributed by atoms with Crippen LogP contribution in [0.4, 0.5) is 10.1 Å². The topological polar surface area (TPSA) is 75.3 Å². The lowest BCUT2D eigenvalue weighted by Gasteiger charge is -2.23. The molecule has 7 heteroatoms. The number of carbonyl (C=O) groups is 1. The van der Waals surface area contributed by atoms with Gasteiger partial charge in [0.25, 0.3) is 0 Å². The van der Waals surface area contributed by atoms with Gasteiger partial charge in [-0.15, -0.1) is 0 Å². The molecule has 2 aromatic carbocycles. The highest BCUT2D eigenvalue weighted by Crippen LogP contribution is 2.27. The molecule has 1 atom stereocenters. The molecule has 26 heavy (non-hydrogen) atoms. The van der Waals surface area contributed by atoms with Crippen LogP contribution in [0.5, 0.6) is 0 Å². The molecule has 140 valence electrons. The fourth-order valence-electron chi connectivity index (χ4n) is 2.66. The van der Waals surface area contributed by atoms with Gasteiger partial charge in [-0.05, 0) is 48.2 Å². The summed E-state index contributed by atoms with van der Waals surface area (Å²) in [5.41, 5.74) is 1.65. The number of aryl methyl sites for hydroxylation is 1. The summed E-state index contributed by atoms with van der Waals surface area (Å²) in [5, 5.41) is 2.59. The Morgan fingerprint density at radius 2 is 1.69 bits per heavy atom. The van der Waals surface area contributed by atoms with Gasteiger partial charge < -0.3 is 5.32 Å². The number of amides is 1. The van der Waals surface area contributed by atoms with Crippen molar-refractivity contribution in [3.8, 4) is 0 Å². The molecule has 2 aromatic rings. The Kier molecular flexibility index (Phi) is 6.15. The van der Waals surface area contributed by atoms with Crippen LogP contribution in [0.15, 0.2) is 47.4 Å². The Hall–Kier alpha value is -2.25. The second kappa shape index (κ2) is 7.97. The molecule has 0 aliphatic rings. The molecule has 0 fully saturated rings. The monoisotopic (exact) mass is 378 g/mol. The summed E-state index contributed by atoms with van der Waals surface area (Å²) >= 11 is 0. The summed E-state index contributed by atoms with van der Waals surface area (Å²) in [6.07, 6.45) is 0. The standard InChI is InChI=1S/C19H23FN2O3S/c1-12(2)19(15-6-8-16(20)9-7-15)22-26(24,25)18-11-17(21-14(4)23)10-5-13(18)3/h5-12,19,22H,1-4H3,(H,21,23)/t19-/m0/s1. The number of rotatable bonds is 6. The number of hydrogen-bond donors (Lipinski definition) is 2. The number of anilines is 1. The zero-order chi connectivity index (χ0) is 19.5. The minimum absolute atomic E-state index is 0.0472. The van der Waals surface area contributed by atoms with E-state index in [0.717, 1.165) is 0 Å². The summed E-state index contributed by atoms with van der Waals surface area (Å²) in [6, 6.07) is 9.97. The SMILES string of the molecule is CC(=O)Nc1ccc(C)c(S(=O)(=O)N[C@H](c2ccc(F)cc2)C(C)C)c1. The van der Waals surface area contributed by atoms with Crippen LogP contribution >= 0.6 is 0 Å². The lowest BCUT2D eigenvalue weighted by Crippen LogP contribution is -2.32. The van der Waals surface area contributed by atoms with Crippen LogP contribution in [0, 0.1) is 18.7 Å². The average molecular weight is 378 g/mol. The molecule has 0 unspecified atom stereocenters. The van der Waals surface area contributed by atoms with Crippen LogP contribution in [-0.2, 0) is 14.8 Å². The Balaban J connectivity index is 2.39. The number of hydrogen-bond acceptors (Lipinski definition) is 3. The first kappa shape index (κ1) is 20.1. The highest BCUT2D eigenvalue weighted by atomic mass is 32.2. The van der Waals surface area contributed by atoms with Crippen molar-refractivity contribution in [3.63, 3.8) is 0 Å². The first-order valence-corrected chi connectivity index (χ1v) is 9.74. The summed E-state index contributed by atoms with van der Waals surface area (Å²) in [4.78, 5) is 11.3. The lowest BCUT2D eigenvalue weighted by atomic mass is 9.97. The van der Waals surface area contributed by atoms with Gasteiger partial charge in [0.1, 0.15) is 5.82 Å². The van der Waals surface area contributed by atoms with Crippen molar-refractivity contribution in [1.82, 2.24) is 4.72 Å². The van der Waals surface area contributed by atoms with E-state index < -0.39 is 16.1 Å². The minimum Gasteiger partial charge on any atom is -0.326 e. The van der Waals surface area contributed by atoms with E-state index in [1.54, 1.807) is 31.2 Å². The van der Waals surface area contributed by atoms with E-state index in [4.69, 9.17) is 0 Å². The summed E-state index contributed by atoms with van der Waals surface area (Å²) in [6.45, 7) is 6.82. The van der Waals surface area contributed by atoms with Crippen LogP contribution in [0.1, 0.15) is 37.9 Å². The molecule has 5 nitrogen and oxygen atoms in total. The third-order valence-electron chi connectivity index (χ3n) is 3.98. The maximum Gasteiger partial charge on any atom is 0.241 e. The number of nitrogens with one attached hydrogen (secondary N) is 2. The molecule has 0 spiro atoms. The van der Waals surface area contributed by atoms with Gasteiger partial charge in [0.05, 0.1) is 4.90 Å². The lowest BCUT2D eigenvalue weighted by molar-refractivity contribution is -0.114. The molecule has 0 aromatic heterocycles. The van der Waals surface area contributed by atoms with Crippen molar-refractivity contribution < 1.29 is 17.6 Å². The van der Waals surface area contributed by atoms with Gasteiger partial charge in [-0.3, -0.25) is 4.79 Å². The van der Waals surface area contributed by atoms with Gasteiger partial charge in [-0.1, -0.05) is 32.0 Å². The van der Waals surface area contributed by atoms with Gasteiger partial charge in [-0.2, -0.15) is 0 Å². The summed E-state index contributed by atoms with van der Waals surface area (Å²) in [5.74, 6) is -0.705. The number of sulfonamides is 1. The molecule has 2 N–H and O–H groups in total. The third kappa shape index (κ3) is 4.89. The molecule has 1 amide bonds. The maximum atomic E-state index is 13.2. The fraction of sp³-hybridized carbons (Fsp3) is 0.316. The van der Waals surface area contributed by atoms with E-state index >= 15 is 0 Å². The number of carbonyl (C=O) groups excluding carboxylic acids is 1. The van der Waals surface area contributed by atoms with Crippen molar-refractivity contribution in [2.24, 2.45) is 5.92 Å². The molecule has 0 radical (unpaired) electrons. The molecular formula is C19H23FN2O3S. The van der Waals surface area contributed by atoms with E-state index in [-0.39, 0.29) is 22.5 Å². The molecular weight excluding hydrogens is 355 g/mol. The Bertz CT molecular complexity index is 894. The Morgan fingerprint density at radius 3 is 2.23 bits per heavy atom. The molecule has 0 heterocycles. The summed E-state index contributed by atoms with van der Waals surface area (Å²) < 4.78 is 41.8. The molecule has 0 aliphatic heterocycles. The average Bonchev–Trinajstić information content (AvgIpc) is 2.54.